The molecule has 1 unspecified atom stereocenters. The van der Waals surface area contributed by atoms with Crippen LogP contribution in [-0.2, 0) is 25.7 Å². The Bertz CT molecular complexity index is 1320. The number of β-lactam (4-membered cyclic amide) rings is 1. The van der Waals surface area contributed by atoms with Gasteiger partial charge in [-0.2, -0.15) is 0 Å². The number of carbonyl (C=O) groups excluding carboxylic acids is 3. The third-order valence-corrected chi connectivity index (χ3v) is 9.71. The number of tetrazole rings is 1. The zero-order chi connectivity index (χ0) is 30.8. The first-order valence-electron chi connectivity index (χ1n) is 14.4. The fraction of sp³-hybridized carbons (Fsp3) is 0.536. The molecule has 0 aliphatic carbocycles. The summed E-state index contributed by atoms with van der Waals surface area (Å²) in [4.78, 5) is 49.8. The number of hydrogen-bond acceptors (Lipinski definition) is 10. The molecule has 0 spiro atoms. The van der Waals surface area contributed by atoms with E-state index in [0.29, 0.717) is 40.8 Å². The van der Waals surface area contributed by atoms with Gasteiger partial charge in [0.05, 0.1) is 0 Å². The van der Waals surface area contributed by atoms with Gasteiger partial charge in [0.1, 0.15) is 17.1 Å². The second-order valence-electron chi connectivity index (χ2n) is 10.5. The van der Waals surface area contributed by atoms with E-state index in [-0.39, 0.29) is 11.6 Å². The van der Waals surface area contributed by atoms with Gasteiger partial charge in [0, 0.05) is 24.5 Å². The molecule has 3 atom stereocenters. The number of carboxylic acids is 1. The smallest absolute Gasteiger partial charge is 0.352 e. The van der Waals surface area contributed by atoms with E-state index in [1.54, 1.807) is 35.0 Å². The lowest BCUT2D eigenvalue weighted by atomic mass is 10.0. The molecule has 4 rings (SSSR count). The van der Waals surface area contributed by atoms with Gasteiger partial charge in [0.15, 0.2) is 6.10 Å². The van der Waals surface area contributed by atoms with Crippen LogP contribution in [0.25, 0.3) is 0 Å². The minimum Gasteiger partial charge on any atom is -0.477 e. The Morgan fingerprint density at radius 1 is 1.07 bits per heavy atom. The summed E-state index contributed by atoms with van der Waals surface area (Å²) in [5.41, 5.74) is 6.05. The number of nitrogens with zero attached hydrogens (tertiary/aromatic N) is 5. The van der Waals surface area contributed by atoms with Gasteiger partial charge < -0.3 is 21.3 Å². The lowest BCUT2D eigenvalue weighted by Crippen LogP contribution is -2.70. The number of hydrogen-bond donors (Lipinski definition) is 4. The first-order chi connectivity index (χ1) is 20.8. The summed E-state index contributed by atoms with van der Waals surface area (Å²) in [6, 6.07) is 7.46. The molecule has 2 aliphatic rings. The van der Waals surface area contributed by atoms with Crippen molar-refractivity contribution in [2.45, 2.75) is 87.0 Å². The van der Waals surface area contributed by atoms with E-state index in [9.17, 15) is 29.4 Å². The highest BCUT2D eigenvalue weighted by molar-refractivity contribution is 8.01. The number of aliphatic carboxylic acids is 1. The van der Waals surface area contributed by atoms with Crippen molar-refractivity contribution in [1.29, 1.82) is 0 Å². The Labute approximate surface area is 258 Å². The van der Waals surface area contributed by atoms with E-state index in [1.807, 2.05) is 0 Å². The van der Waals surface area contributed by atoms with Crippen molar-refractivity contribution in [2.75, 3.05) is 11.5 Å². The summed E-state index contributed by atoms with van der Waals surface area (Å²) in [6.45, 7) is 0.649. The summed E-state index contributed by atoms with van der Waals surface area (Å²) in [5, 5.41) is 34.9. The van der Waals surface area contributed by atoms with Gasteiger partial charge in [-0.25, -0.2) is 9.48 Å². The van der Waals surface area contributed by atoms with Crippen LogP contribution in [0.1, 0.15) is 69.5 Å². The van der Waals surface area contributed by atoms with Crippen molar-refractivity contribution in [1.82, 2.24) is 30.4 Å². The van der Waals surface area contributed by atoms with E-state index in [4.69, 9.17) is 5.73 Å². The predicted molar refractivity (Wildman–Crippen MR) is 160 cm³/mol. The van der Waals surface area contributed by atoms with Gasteiger partial charge >= 0.3 is 5.97 Å². The molecule has 0 saturated carbocycles. The van der Waals surface area contributed by atoms with Crippen LogP contribution >= 0.6 is 23.5 Å². The molecule has 5 N–H and O–H groups in total. The number of nitrogens with one attached hydrogen (secondary N) is 1. The highest BCUT2D eigenvalue weighted by atomic mass is 32.2. The number of nitrogens with two attached hydrogens (primary N) is 1. The lowest BCUT2D eigenvalue weighted by Gasteiger charge is -2.49. The van der Waals surface area contributed by atoms with Crippen LogP contribution in [-0.4, -0.2) is 81.9 Å². The third-order valence-electron chi connectivity index (χ3n) is 7.33. The quantitative estimate of drug-likeness (QED) is 0.107. The Morgan fingerprint density at radius 2 is 1.74 bits per heavy atom. The first-order valence-corrected chi connectivity index (χ1v) is 16.4. The maximum atomic E-state index is 13.0. The number of amides is 3. The number of benzene rings is 1. The zero-order valence-electron chi connectivity index (χ0n) is 23.8. The first kappa shape index (κ1) is 32.5. The van der Waals surface area contributed by atoms with E-state index in [0.717, 1.165) is 51.4 Å². The minimum absolute atomic E-state index is 0.0796. The molecule has 1 aromatic heterocycles. The molecule has 1 saturated heterocycles. The van der Waals surface area contributed by atoms with E-state index < -0.39 is 35.3 Å². The SMILES string of the molecule is NC(=O)CCCCCCCCCCn1nnnc1SCC1=C(C(=O)O)N2C(=O)C(NC(=O)[C@H](O)c3ccccc3)[C@H]2SC1. The normalized spacial score (nSPS) is 18.6. The van der Waals surface area contributed by atoms with Gasteiger partial charge in [-0.3, -0.25) is 19.3 Å². The molecular weight excluding hydrogens is 594 g/mol. The predicted octanol–water partition coefficient (Wildman–Crippen LogP) is 2.23. The number of aliphatic hydroxyl groups excluding tert-OH is 1. The Morgan fingerprint density at radius 3 is 2.42 bits per heavy atom. The van der Waals surface area contributed by atoms with Crippen LogP contribution in [0.5, 0.6) is 0 Å². The highest BCUT2D eigenvalue weighted by Crippen LogP contribution is 2.41. The number of carboxylic acid groups (broad SMARTS) is 1. The number of aromatic nitrogens is 4. The molecule has 13 nitrogen and oxygen atoms in total. The Balaban J connectivity index is 1.24. The molecule has 43 heavy (non-hydrogen) atoms. The molecule has 1 aromatic carbocycles. The van der Waals surface area contributed by atoms with Gasteiger partial charge in [0.25, 0.3) is 11.8 Å². The van der Waals surface area contributed by atoms with Crippen LogP contribution in [0.3, 0.4) is 0 Å². The summed E-state index contributed by atoms with van der Waals surface area (Å²) >= 11 is 2.69. The van der Waals surface area contributed by atoms with Gasteiger partial charge in [-0.1, -0.05) is 80.6 Å². The number of aryl methyl sites for hydroxylation is 1. The molecule has 1 fully saturated rings. The molecule has 232 valence electrons. The van der Waals surface area contributed by atoms with Crippen LogP contribution in [0, 0.1) is 0 Å². The molecule has 3 amide bonds. The van der Waals surface area contributed by atoms with Crippen molar-refractivity contribution in [3.63, 3.8) is 0 Å². The van der Waals surface area contributed by atoms with Crippen molar-refractivity contribution in [3.8, 4) is 0 Å². The molecule has 15 heteroatoms. The maximum Gasteiger partial charge on any atom is 0.352 e. The molecule has 0 bridgehead atoms. The number of thioether (sulfide) groups is 2. The van der Waals surface area contributed by atoms with E-state index in [2.05, 4.69) is 20.8 Å². The molecule has 0 radical (unpaired) electrons. The Kier molecular flexibility index (Phi) is 12.0. The fourth-order valence-electron chi connectivity index (χ4n) is 5.03. The minimum atomic E-state index is -1.44. The van der Waals surface area contributed by atoms with Crippen molar-refractivity contribution < 1.29 is 29.4 Å². The highest BCUT2D eigenvalue weighted by Gasteiger charge is 2.54. The van der Waals surface area contributed by atoms with Crippen molar-refractivity contribution >= 4 is 47.2 Å². The molecule has 3 heterocycles. The topological polar surface area (TPSA) is 194 Å². The molecule has 2 aromatic rings. The van der Waals surface area contributed by atoms with E-state index in [1.165, 1.54) is 28.4 Å². The third kappa shape index (κ3) is 8.57. The number of carbonyl (C=O) groups is 4. The number of primary amides is 1. The average Bonchev–Trinajstić information content (AvgIpc) is 3.45. The van der Waals surface area contributed by atoms with Crippen LogP contribution in [0.15, 0.2) is 46.8 Å². The van der Waals surface area contributed by atoms with Crippen LogP contribution < -0.4 is 11.1 Å². The van der Waals surface area contributed by atoms with Crippen molar-refractivity contribution in [2.24, 2.45) is 5.73 Å². The summed E-state index contributed by atoms with van der Waals surface area (Å²) in [5.74, 6) is -2.03. The summed E-state index contributed by atoms with van der Waals surface area (Å²) < 4.78 is 1.71. The number of aliphatic hydroxyl groups is 1. The lowest BCUT2D eigenvalue weighted by molar-refractivity contribution is -0.151. The van der Waals surface area contributed by atoms with Crippen molar-refractivity contribution in [3.05, 3.63) is 47.2 Å². The second kappa shape index (κ2) is 15.9. The average molecular weight is 632 g/mol. The van der Waals surface area contributed by atoms with Crippen LogP contribution in [0.2, 0.25) is 0 Å². The summed E-state index contributed by atoms with van der Waals surface area (Å²) in [7, 11) is 0. The number of rotatable bonds is 18. The van der Waals surface area contributed by atoms with Gasteiger partial charge in [0.2, 0.25) is 11.1 Å². The largest absolute Gasteiger partial charge is 0.477 e. The number of fused-ring (bicyclic) bond motifs is 1. The number of unbranched alkanes of at least 4 members (excludes halogenated alkanes) is 7. The maximum absolute atomic E-state index is 13.0. The monoisotopic (exact) mass is 631 g/mol. The zero-order valence-corrected chi connectivity index (χ0v) is 25.4. The fourth-order valence-corrected chi connectivity index (χ4v) is 7.41. The summed E-state index contributed by atoms with van der Waals surface area (Å²) in [6.07, 6.45) is 7.31. The molecule has 2 aliphatic heterocycles. The standard InChI is InChI=1S/C28H37N7O6S2/c29-20(36)14-10-5-3-1-2-4-6-11-15-34-28(31-32-33-34)43-17-19-16-42-26-21(25(39)35(26)22(19)27(40)41)30-24(38)23(37)18-12-8-7-9-13-18/h7-9,12-13,21,23,26,37H,1-6,10-11,14-17H2,(H2,29,36)(H,30,38)(H,40,41)/t21?,23-,26-/m1/s1. The molecular formula is C28H37N7O6S2. The second-order valence-corrected chi connectivity index (χ2v) is 12.5. The van der Waals surface area contributed by atoms with Gasteiger partial charge in [-0.15, -0.1) is 16.9 Å². The van der Waals surface area contributed by atoms with Crippen LogP contribution in [0.4, 0.5) is 0 Å². The Hall–Kier alpha value is -3.43. The van der Waals surface area contributed by atoms with E-state index >= 15 is 0 Å². The van der Waals surface area contributed by atoms with Gasteiger partial charge in [-0.05, 0) is 34.4 Å².